The van der Waals surface area contributed by atoms with E-state index < -0.39 is 0 Å². The molecule has 23 heavy (non-hydrogen) atoms. The van der Waals surface area contributed by atoms with Gasteiger partial charge in [0, 0.05) is 44.3 Å². The third kappa shape index (κ3) is 5.74. The summed E-state index contributed by atoms with van der Waals surface area (Å²) in [6.45, 7) is 8.71. The van der Waals surface area contributed by atoms with Crippen LogP contribution in [0, 0.1) is 0 Å². The molecule has 5 heteroatoms. The Morgan fingerprint density at radius 1 is 1.30 bits per heavy atom. The lowest BCUT2D eigenvalue weighted by molar-refractivity contribution is 0.134. The zero-order valence-electron chi connectivity index (χ0n) is 14.5. The molecule has 0 saturated carbocycles. The maximum absolute atomic E-state index is 5.43. The lowest BCUT2D eigenvalue weighted by atomic mass is 10.1. The van der Waals surface area contributed by atoms with Crippen molar-refractivity contribution in [1.29, 1.82) is 0 Å². The van der Waals surface area contributed by atoms with E-state index in [-0.39, 0.29) is 0 Å². The lowest BCUT2D eigenvalue weighted by Gasteiger charge is -2.34. The average molecular weight is 336 g/mol. The van der Waals surface area contributed by atoms with Crippen molar-refractivity contribution in [3.8, 4) is 0 Å². The van der Waals surface area contributed by atoms with Crippen LogP contribution in [0.2, 0.25) is 0 Å². The molecule has 2 rings (SSSR count). The van der Waals surface area contributed by atoms with E-state index in [1.807, 2.05) is 14.0 Å². The van der Waals surface area contributed by atoms with Crippen molar-refractivity contribution in [3.63, 3.8) is 0 Å². The number of rotatable bonds is 6. The summed E-state index contributed by atoms with van der Waals surface area (Å²) >= 11 is 2.08. The minimum absolute atomic E-state index is 0.690. The Hall–Kier alpha value is -1.20. The number of ether oxygens (including phenoxy) is 1. The predicted octanol–water partition coefficient (Wildman–Crippen LogP) is 3.13. The first-order valence-corrected chi connectivity index (χ1v) is 9.54. The Kier molecular flexibility index (Phi) is 7.76. The van der Waals surface area contributed by atoms with Gasteiger partial charge in [-0.1, -0.05) is 31.2 Å². The van der Waals surface area contributed by atoms with Gasteiger partial charge in [-0.15, -0.1) is 0 Å². The van der Waals surface area contributed by atoms with Crippen LogP contribution < -0.4 is 5.32 Å². The Labute approximate surface area is 144 Å². The molecule has 0 aliphatic carbocycles. The molecule has 1 fully saturated rings. The summed E-state index contributed by atoms with van der Waals surface area (Å²) in [5, 5.41) is 4.22. The van der Waals surface area contributed by atoms with Crippen molar-refractivity contribution >= 4 is 17.7 Å². The van der Waals surface area contributed by atoms with Crippen LogP contribution in [-0.4, -0.2) is 48.6 Å². The van der Waals surface area contributed by atoms with E-state index >= 15 is 0 Å². The van der Waals surface area contributed by atoms with Gasteiger partial charge in [0.1, 0.15) is 0 Å². The Morgan fingerprint density at radius 3 is 2.70 bits per heavy atom. The van der Waals surface area contributed by atoms with E-state index in [4.69, 9.17) is 4.74 Å². The number of nitrogens with one attached hydrogen (secondary N) is 1. The maximum Gasteiger partial charge on any atom is 0.193 e. The summed E-state index contributed by atoms with van der Waals surface area (Å²) in [7, 11) is 1.87. The van der Waals surface area contributed by atoms with Crippen molar-refractivity contribution in [3.05, 3.63) is 35.4 Å². The highest BCUT2D eigenvalue weighted by molar-refractivity contribution is 8.00. The van der Waals surface area contributed by atoms with Gasteiger partial charge < -0.3 is 15.0 Å². The monoisotopic (exact) mass is 335 g/mol. The molecule has 1 aliphatic heterocycles. The van der Waals surface area contributed by atoms with Gasteiger partial charge in [-0.25, -0.2) is 0 Å². The second-order valence-electron chi connectivity index (χ2n) is 5.70. The van der Waals surface area contributed by atoms with Gasteiger partial charge in [0.05, 0.1) is 6.61 Å². The topological polar surface area (TPSA) is 36.9 Å². The lowest BCUT2D eigenvalue weighted by Crippen LogP contribution is -2.47. The van der Waals surface area contributed by atoms with Gasteiger partial charge in [-0.2, -0.15) is 11.8 Å². The predicted molar refractivity (Wildman–Crippen MR) is 100 cm³/mol. The van der Waals surface area contributed by atoms with E-state index in [0.29, 0.717) is 6.61 Å². The first-order chi connectivity index (χ1) is 11.3. The zero-order valence-corrected chi connectivity index (χ0v) is 15.4. The second-order valence-corrected chi connectivity index (χ2v) is 7.11. The molecule has 0 aromatic heterocycles. The molecule has 1 atom stereocenters. The van der Waals surface area contributed by atoms with Crippen molar-refractivity contribution in [2.75, 3.05) is 32.5 Å². The third-order valence-corrected chi connectivity index (χ3v) is 5.42. The van der Waals surface area contributed by atoms with Crippen molar-refractivity contribution in [2.24, 2.45) is 4.99 Å². The molecule has 128 valence electrons. The summed E-state index contributed by atoms with van der Waals surface area (Å²) in [5.74, 6) is 2.20. The molecular weight excluding hydrogens is 306 g/mol. The standard InChI is InChI=1S/C18H29N3OS/c1-4-17-13-21(10-11-23-17)18(19-3)20-12-15-6-8-16(9-7-15)14-22-5-2/h6-9,17H,4-5,10-14H2,1-3H3,(H,19,20). The van der Waals surface area contributed by atoms with Crippen LogP contribution in [0.5, 0.6) is 0 Å². The molecule has 1 saturated heterocycles. The molecule has 1 aromatic rings. The highest BCUT2D eigenvalue weighted by Gasteiger charge is 2.21. The minimum atomic E-state index is 0.690. The Balaban J connectivity index is 1.85. The van der Waals surface area contributed by atoms with Gasteiger partial charge in [-0.05, 0) is 24.5 Å². The van der Waals surface area contributed by atoms with Crippen LogP contribution in [0.4, 0.5) is 0 Å². The van der Waals surface area contributed by atoms with Gasteiger partial charge >= 0.3 is 0 Å². The Morgan fingerprint density at radius 2 is 2.04 bits per heavy atom. The highest BCUT2D eigenvalue weighted by atomic mass is 32.2. The minimum Gasteiger partial charge on any atom is -0.377 e. The van der Waals surface area contributed by atoms with Crippen molar-refractivity contribution < 1.29 is 4.74 Å². The Bertz CT molecular complexity index is 490. The molecule has 4 nitrogen and oxygen atoms in total. The fraction of sp³-hybridized carbons (Fsp3) is 0.611. The van der Waals surface area contributed by atoms with E-state index in [1.54, 1.807) is 0 Å². The number of benzene rings is 1. The third-order valence-electron chi connectivity index (χ3n) is 4.05. The van der Waals surface area contributed by atoms with Crippen LogP contribution in [0.3, 0.4) is 0 Å². The molecule has 0 bridgehead atoms. The summed E-state index contributed by atoms with van der Waals surface area (Å²) < 4.78 is 5.43. The van der Waals surface area contributed by atoms with Gasteiger partial charge in [0.2, 0.25) is 0 Å². The van der Waals surface area contributed by atoms with E-state index in [9.17, 15) is 0 Å². The first-order valence-electron chi connectivity index (χ1n) is 8.49. The van der Waals surface area contributed by atoms with Crippen LogP contribution in [0.1, 0.15) is 31.4 Å². The quantitative estimate of drug-likeness (QED) is 0.640. The van der Waals surface area contributed by atoms with Crippen molar-refractivity contribution in [1.82, 2.24) is 10.2 Å². The fourth-order valence-corrected chi connectivity index (χ4v) is 3.83. The molecule has 1 aromatic carbocycles. The number of guanidine groups is 1. The summed E-state index contributed by atoms with van der Waals surface area (Å²) in [4.78, 5) is 6.84. The summed E-state index contributed by atoms with van der Waals surface area (Å²) in [5.41, 5.74) is 2.49. The number of nitrogens with zero attached hydrogens (tertiary/aromatic N) is 2. The fourth-order valence-electron chi connectivity index (χ4n) is 2.65. The van der Waals surface area contributed by atoms with E-state index in [0.717, 1.165) is 37.5 Å². The second kappa shape index (κ2) is 9.83. The number of thioether (sulfide) groups is 1. The zero-order chi connectivity index (χ0) is 16.5. The summed E-state index contributed by atoms with van der Waals surface area (Å²) in [6.07, 6.45) is 1.22. The molecule has 0 radical (unpaired) electrons. The van der Waals surface area contributed by atoms with Crippen LogP contribution in [-0.2, 0) is 17.9 Å². The largest absolute Gasteiger partial charge is 0.377 e. The van der Waals surface area contributed by atoms with E-state index in [1.165, 1.54) is 23.3 Å². The average Bonchev–Trinajstić information content (AvgIpc) is 2.61. The molecule has 0 spiro atoms. The molecule has 1 N–H and O–H groups in total. The number of hydrogen-bond acceptors (Lipinski definition) is 3. The van der Waals surface area contributed by atoms with Crippen LogP contribution in [0.25, 0.3) is 0 Å². The molecule has 1 unspecified atom stereocenters. The molecule has 1 heterocycles. The molecular formula is C18H29N3OS. The maximum atomic E-state index is 5.43. The highest BCUT2D eigenvalue weighted by Crippen LogP contribution is 2.21. The van der Waals surface area contributed by atoms with Crippen molar-refractivity contribution in [2.45, 2.75) is 38.7 Å². The van der Waals surface area contributed by atoms with Crippen LogP contribution in [0.15, 0.2) is 29.3 Å². The van der Waals surface area contributed by atoms with Crippen LogP contribution >= 0.6 is 11.8 Å². The van der Waals surface area contributed by atoms with Gasteiger partial charge in [0.15, 0.2) is 5.96 Å². The summed E-state index contributed by atoms with van der Waals surface area (Å²) in [6, 6.07) is 8.60. The SMILES string of the molecule is CCOCc1ccc(CNC(=NC)N2CCSC(CC)C2)cc1. The number of aliphatic imine (C=N–C) groups is 1. The normalized spacial score (nSPS) is 19.0. The first kappa shape index (κ1) is 18.1. The van der Waals surface area contributed by atoms with E-state index in [2.05, 4.69) is 58.2 Å². The van der Waals surface area contributed by atoms with Gasteiger partial charge in [0.25, 0.3) is 0 Å². The smallest absolute Gasteiger partial charge is 0.193 e. The number of hydrogen-bond donors (Lipinski definition) is 1. The van der Waals surface area contributed by atoms with Gasteiger partial charge in [-0.3, -0.25) is 4.99 Å². The molecule has 0 amide bonds. The molecule has 1 aliphatic rings.